The van der Waals surface area contributed by atoms with Gasteiger partial charge in [0.15, 0.2) is 0 Å². The minimum Gasteiger partial charge on any atom is -0.334 e. The van der Waals surface area contributed by atoms with Gasteiger partial charge in [0.25, 0.3) is 5.91 Å². The molecule has 0 spiro atoms. The number of likely N-dealkylation sites (N-methyl/N-ethyl adjacent to an activating group) is 1. The molecule has 1 aromatic carbocycles. The maximum atomic E-state index is 12.5. The number of likely N-dealkylation sites (tertiary alicyclic amines) is 1. The van der Waals surface area contributed by atoms with E-state index in [2.05, 4.69) is 11.4 Å². The van der Waals surface area contributed by atoms with Gasteiger partial charge in [-0.1, -0.05) is 17.2 Å². The maximum Gasteiger partial charge on any atom is 0.254 e. The molecule has 0 saturated carbocycles. The first kappa shape index (κ1) is 16.0. The molecule has 0 bridgehead atoms. The van der Waals surface area contributed by atoms with E-state index >= 15 is 0 Å². The monoisotopic (exact) mass is 282 g/mol. The highest BCUT2D eigenvalue weighted by Crippen LogP contribution is 2.20. The number of carbonyl (C=O) groups is 1. The highest BCUT2D eigenvalue weighted by Gasteiger charge is 2.28. The molecule has 1 amide bonds. The highest BCUT2D eigenvalue weighted by atomic mass is 35.5. The number of amides is 1. The lowest BCUT2D eigenvalue weighted by Crippen LogP contribution is -2.40. The highest BCUT2D eigenvalue weighted by molar-refractivity contribution is 5.95. The Morgan fingerprint density at radius 2 is 1.95 bits per heavy atom. The number of nitrogens with zero attached hydrogens (tertiary/aromatic N) is 1. The van der Waals surface area contributed by atoms with Crippen molar-refractivity contribution in [2.75, 3.05) is 20.1 Å². The summed E-state index contributed by atoms with van der Waals surface area (Å²) in [4.78, 5) is 14.6. The summed E-state index contributed by atoms with van der Waals surface area (Å²) in [6.07, 6.45) is 2.22. The van der Waals surface area contributed by atoms with Crippen molar-refractivity contribution in [1.29, 1.82) is 0 Å². The van der Waals surface area contributed by atoms with Crippen molar-refractivity contribution in [1.82, 2.24) is 10.2 Å². The van der Waals surface area contributed by atoms with Crippen LogP contribution in [0.25, 0.3) is 0 Å². The number of carbonyl (C=O) groups excluding carboxylic acids is 1. The fourth-order valence-electron chi connectivity index (χ4n) is 2.81. The normalized spacial score (nSPS) is 18.3. The summed E-state index contributed by atoms with van der Waals surface area (Å²) >= 11 is 0. The number of halogens is 1. The third-order valence-electron chi connectivity index (χ3n) is 3.55. The van der Waals surface area contributed by atoms with Gasteiger partial charge >= 0.3 is 0 Å². The SMILES string of the molecule is CNCC1CCCN1C(=O)c1cc(C)cc(C)c1.Cl. The second kappa shape index (κ2) is 6.92. The molecule has 1 aliphatic rings. The molecular weight excluding hydrogens is 260 g/mol. The summed E-state index contributed by atoms with van der Waals surface area (Å²) in [5.74, 6) is 0.180. The predicted molar refractivity (Wildman–Crippen MR) is 81.1 cm³/mol. The summed E-state index contributed by atoms with van der Waals surface area (Å²) < 4.78 is 0. The van der Waals surface area contributed by atoms with Gasteiger partial charge < -0.3 is 10.2 Å². The van der Waals surface area contributed by atoms with E-state index in [1.54, 1.807) is 0 Å². The van der Waals surface area contributed by atoms with Gasteiger partial charge in [-0.2, -0.15) is 0 Å². The van der Waals surface area contributed by atoms with Crippen molar-refractivity contribution >= 4 is 18.3 Å². The molecule has 1 N–H and O–H groups in total. The molecule has 1 unspecified atom stereocenters. The van der Waals surface area contributed by atoms with Crippen LogP contribution in [0, 0.1) is 13.8 Å². The fraction of sp³-hybridized carbons (Fsp3) is 0.533. The standard InChI is InChI=1S/C15H22N2O.ClH/c1-11-7-12(2)9-13(8-11)15(18)17-6-4-5-14(17)10-16-3;/h7-9,14,16H,4-6,10H2,1-3H3;1H. The van der Waals surface area contributed by atoms with Crippen molar-refractivity contribution in [3.05, 3.63) is 34.9 Å². The van der Waals surface area contributed by atoms with Crippen LogP contribution in [0.15, 0.2) is 18.2 Å². The molecule has 1 aromatic rings. The molecule has 1 saturated heterocycles. The lowest BCUT2D eigenvalue weighted by atomic mass is 10.1. The molecule has 1 heterocycles. The van der Waals surface area contributed by atoms with Gasteiger partial charge in [0.2, 0.25) is 0 Å². The second-order valence-corrected chi connectivity index (χ2v) is 5.23. The molecule has 106 valence electrons. The summed E-state index contributed by atoms with van der Waals surface area (Å²) in [5, 5.41) is 3.17. The predicted octanol–water partition coefficient (Wildman–Crippen LogP) is 2.55. The Hall–Kier alpha value is -1.06. The molecule has 0 aliphatic carbocycles. The van der Waals surface area contributed by atoms with Gasteiger partial charge in [0.05, 0.1) is 0 Å². The van der Waals surface area contributed by atoms with Crippen molar-refractivity contribution in [2.45, 2.75) is 32.7 Å². The Labute approximate surface area is 121 Å². The largest absolute Gasteiger partial charge is 0.334 e. The van der Waals surface area contributed by atoms with E-state index < -0.39 is 0 Å². The Morgan fingerprint density at radius 1 is 1.32 bits per heavy atom. The average Bonchev–Trinajstić information content (AvgIpc) is 2.75. The van der Waals surface area contributed by atoms with E-state index in [0.29, 0.717) is 6.04 Å². The van der Waals surface area contributed by atoms with Crippen LogP contribution in [0.1, 0.15) is 34.3 Å². The zero-order chi connectivity index (χ0) is 13.1. The second-order valence-electron chi connectivity index (χ2n) is 5.23. The molecule has 3 nitrogen and oxygen atoms in total. The first-order chi connectivity index (χ1) is 8.61. The van der Waals surface area contributed by atoms with Gasteiger partial charge in [0, 0.05) is 24.7 Å². The number of benzene rings is 1. The van der Waals surface area contributed by atoms with Gasteiger partial charge in [-0.3, -0.25) is 4.79 Å². The third kappa shape index (κ3) is 3.71. The van der Waals surface area contributed by atoms with Crippen molar-refractivity contribution in [3.8, 4) is 0 Å². The summed E-state index contributed by atoms with van der Waals surface area (Å²) in [7, 11) is 1.94. The van der Waals surface area contributed by atoms with Crippen LogP contribution in [-0.2, 0) is 0 Å². The zero-order valence-electron chi connectivity index (χ0n) is 11.9. The average molecular weight is 283 g/mol. The molecule has 1 aliphatic heterocycles. The first-order valence-electron chi connectivity index (χ1n) is 6.65. The lowest BCUT2D eigenvalue weighted by molar-refractivity contribution is 0.0737. The van der Waals surface area contributed by atoms with Crippen molar-refractivity contribution < 1.29 is 4.79 Å². The Balaban J connectivity index is 0.00000180. The summed E-state index contributed by atoms with van der Waals surface area (Å²) in [6.45, 7) is 5.85. The van der Waals surface area contributed by atoms with Crippen molar-refractivity contribution in [3.63, 3.8) is 0 Å². The van der Waals surface area contributed by atoms with Gasteiger partial charge in [-0.15, -0.1) is 12.4 Å². The van der Waals surface area contributed by atoms with Crippen LogP contribution in [-0.4, -0.2) is 37.0 Å². The fourth-order valence-corrected chi connectivity index (χ4v) is 2.81. The topological polar surface area (TPSA) is 32.3 Å². The molecule has 2 rings (SSSR count). The molecule has 1 fully saturated rings. The van der Waals surface area contributed by atoms with E-state index in [1.165, 1.54) is 0 Å². The third-order valence-corrected chi connectivity index (χ3v) is 3.55. The number of hydrogen-bond acceptors (Lipinski definition) is 2. The molecular formula is C15H23ClN2O. The quantitative estimate of drug-likeness (QED) is 0.924. The molecule has 0 aromatic heterocycles. The van der Waals surface area contributed by atoms with Crippen molar-refractivity contribution in [2.24, 2.45) is 0 Å². The van der Waals surface area contributed by atoms with E-state index in [1.807, 2.05) is 37.9 Å². The van der Waals surface area contributed by atoms with Gasteiger partial charge in [0.1, 0.15) is 0 Å². The zero-order valence-corrected chi connectivity index (χ0v) is 12.7. The minimum atomic E-state index is 0. The first-order valence-corrected chi connectivity index (χ1v) is 6.65. The van der Waals surface area contributed by atoms with Crippen LogP contribution in [0.4, 0.5) is 0 Å². The van der Waals surface area contributed by atoms with Crippen LogP contribution >= 0.6 is 12.4 Å². The Kier molecular flexibility index (Phi) is 5.83. The number of nitrogens with one attached hydrogen (secondary N) is 1. The van der Waals surface area contributed by atoms with Gasteiger partial charge in [-0.25, -0.2) is 0 Å². The molecule has 4 heteroatoms. The maximum absolute atomic E-state index is 12.5. The van der Waals surface area contributed by atoms with E-state index in [-0.39, 0.29) is 18.3 Å². The van der Waals surface area contributed by atoms with Crippen LogP contribution in [0.2, 0.25) is 0 Å². The number of aryl methyl sites for hydroxylation is 2. The minimum absolute atomic E-state index is 0. The van der Waals surface area contributed by atoms with E-state index in [4.69, 9.17) is 0 Å². The van der Waals surface area contributed by atoms with E-state index in [0.717, 1.165) is 42.6 Å². The summed E-state index contributed by atoms with van der Waals surface area (Å²) in [5.41, 5.74) is 3.14. The number of hydrogen-bond donors (Lipinski definition) is 1. The van der Waals surface area contributed by atoms with Gasteiger partial charge in [-0.05, 0) is 45.9 Å². The van der Waals surface area contributed by atoms with Crippen LogP contribution < -0.4 is 5.32 Å². The van der Waals surface area contributed by atoms with Crippen LogP contribution in [0.3, 0.4) is 0 Å². The lowest BCUT2D eigenvalue weighted by Gasteiger charge is -2.25. The molecule has 1 atom stereocenters. The Bertz CT molecular complexity index is 428. The smallest absolute Gasteiger partial charge is 0.254 e. The molecule has 19 heavy (non-hydrogen) atoms. The van der Waals surface area contributed by atoms with Crippen LogP contribution in [0.5, 0.6) is 0 Å². The molecule has 0 radical (unpaired) electrons. The summed E-state index contributed by atoms with van der Waals surface area (Å²) in [6, 6.07) is 6.43. The number of rotatable bonds is 3. The van der Waals surface area contributed by atoms with E-state index in [9.17, 15) is 4.79 Å². The Morgan fingerprint density at radius 3 is 2.53 bits per heavy atom.